The van der Waals surface area contributed by atoms with Crippen molar-refractivity contribution in [2.45, 2.75) is 58.2 Å². The Morgan fingerprint density at radius 1 is 1.32 bits per heavy atom. The Morgan fingerprint density at radius 3 is 3.05 bits per heavy atom. The first-order valence-corrected chi connectivity index (χ1v) is 9.39. The lowest BCUT2D eigenvalue weighted by Gasteiger charge is -2.28. The van der Waals surface area contributed by atoms with E-state index >= 15 is 0 Å². The zero-order chi connectivity index (χ0) is 15.5. The van der Waals surface area contributed by atoms with Gasteiger partial charge in [-0.05, 0) is 38.9 Å². The molecular formula is C15H25N5OS. The predicted molar refractivity (Wildman–Crippen MR) is 88.0 cm³/mol. The minimum Gasteiger partial charge on any atom is -0.328 e. The Morgan fingerprint density at radius 2 is 2.18 bits per heavy atom. The number of carbonyl (C=O) groups excluding carboxylic acids is 1. The van der Waals surface area contributed by atoms with Crippen molar-refractivity contribution in [2.24, 2.45) is 0 Å². The predicted octanol–water partition coefficient (Wildman–Crippen LogP) is 2.21. The molecule has 6 nitrogen and oxygen atoms in total. The van der Waals surface area contributed by atoms with E-state index in [1.165, 1.54) is 12.8 Å². The lowest BCUT2D eigenvalue weighted by atomic mass is 10.1. The first-order chi connectivity index (χ1) is 10.7. The van der Waals surface area contributed by atoms with Crippen molar-refractivity contribution in [1.29, 1.82) is 0 Å². The van der Waals surface area contributed by atoms with Gasteiger partial charge in [-0.3, -0.25) is 0 Å². The molecular weight excluding hydrogens is 298 g/mol. The summed E-state index contributed by atoms with van der Waals surface area (Å²) in [7, 11) is 0. The lowest BCUT2D eigenvalue weighted by molar-refractivity contribution is 0.179. The van der Waals surface area contributed by atoms with Crippen LogP contribution in [-0.2, 0) is 13.0 Å². The van der Waals surface area contributed by atoms with Crippen LogP contribution in [0.25, 0.3) is 0 Å². The van der Waals surface area contributed by atoms with Crippen LogP contribution >= 0.6 is 11.8 Å². The molecule has 1 fully saturated rings. The highest BCUT2D eigenvalue weighted by atomic mass is 32.2. The van der Waals surface area contributed by atoms with Crippen LogP contribution in [0.3, 0.4) is 0 Å². The average Bonchev–Trinajstić information content (AvgIpc) is 2.82. The molecule has 2 unspecified atom stereocenters. The molecule has 1 saturated heterocycles. The summed E-state index contributed by atoms with van der Waals surface area (Å²) in [5.74, 6) is 4.10. The van der Waals surface area contributed by atoms with Crippen LogP contribution in [0.2, 0.25) is 0 Å². The van der Waals surface area contributed by atoms with Gasteiger partial charge in [0.2, 0.25) is 0 Å². The highest BCUT2D eigenvalue weighted by Crippen LogP contribution is 2.20. The maximum Gasteiger partial charge on any atom is 0.318 e. The zero-order valence-electron chi connectivity index (χ0n) is 13.4. The third-order valence-corrected chi connectivity index (χ3v) is 5.56. The molecule has 0 spiro atoms. The summed E-state index contributed by atoms with van der Waals surface area (Å²) >= 11 is 1.93. The molecule has 1 aromatic rings. The first-order valence-electron chi connectivity index (χ1n) is 8.23. The van der Waals surface area contributed by atoms with E-state index in [0.717, 1.165) is 49.1 Å². The highest BCUT2D eigenvalue weighted by molar-refractivity contribution is 7.99. The van der Waals surface area contributed by atoms with Crippen LogP contribution < -0.4 is 5.32 Å². The Balaban J connectivity index is 1.67. The fraction of sp³-hybridized carbons (Fsp3) is 0.800. The monoisotopic (exact) mass is 323 g/mol. The normalized spacial score (nSPS) is 23.5. The topological polar surface area (TPSA) is 63.1 Å². The molecule has 0 saturated carbocycles. The molecule has 0 aliphatic carbocycles. The van der Waals surface area contributed by atoms with Crippen LogP contribution in [0.1, 0.15) is 50.8 Å². The van der Waals surface area contributed by atoms with Crippen LogP contribution in [-0.4, -0.2) is 49.8 Å². The van der Waals surface area contributed by atoms with Crippen LogP contribution in [0.5, 0.6) is 0 Å². The molecule has 7 heteroatoms. The van der Waals surface area contributed by atoms with Gasteiger partial charge in [-0.2, -0.15) is 11.8 Å². The van der Waals surface area contributed by atoms with Gasteiger partial charge in [0.05, 0.1) is 6.04 Å². The third kappa shape index (κ3) is 3.24. The number of carbonyl (C=O) groups is 1. The van der Waals surface area contributed by atoms with E-state index < -0.39 is 0 Å². The van der Waals surface area contributed by atoms with E-state index in [-0.39, 0.29) is 12.1 Å². The quantitative estimate of drug-likeness (QED) is 0.906. The number of aromatic nitrogens is 3. The van der Waals surface area contributed by atoms with Crippen LogP contribution in [0.15, 0.2) is 0 Å². The number of hydrogen-bond acceptors (Lipinski definition) is 4. The third-order valence-electron chi connectivity index (χ3n) is 4.56. The van der Waals surface area contributed by atoms with Crippen molar-refractivity contribution in [2.75, 3.05) is 18.1 Å². The largest absolute Gasteiger partial charge is 0.328 e. The summed E-state index contributed by atoms with van der Waals surface area (Å²) in [4.78, 5) is 14.5. The van der Waals surface area contributed by atoms with Gasteiger partial charge in [0.1, 0.15) is 5.82 Å². The summed E-state index contributed by atoms with van der Waals surface area (Å²) in [5, 5.41) is 11.7. The van der Waals surface area contributed by atoms with E-state index in [9.17, 15) is 4.79 Å². The molecule has 2 aliphatic heterocycles. The fourth-order valence-corrected chi connectivity index (χ4v) is 4.22. The second-order valence-corrected chi connectivity index (χ2v) is 7.42. The van der Waals surface area contributed by atoms with Crippen molar-refractivity contribution in [1.82, 2.24) is 25.0 Å². The second-order valence-electron chi connectivity index (χ2n) is 6.20. The van der Waals surface area contributed by atoms with Gasteiger partial charge < -0.3 is 14.8 Å². The number of amides is 2. The number of urea groups is 1. The van der Waals surface area contributed by atoms with Crippen molar-refractivity contribution < 1.29 is 4.79 Å². The fourth-order valence-electron chi connectivity index (χ4n) is 3.18. The van der Waals surface area contributed by atoms with Gasteiger partial charge in [0, 0.05) is 31.3 Å². The maximum atomic E-state index is 12.6. The number of rotatable bonds is 2. The molecule has 0 bridgehead atoms. The van der Waals surface area contributed by atoms with Gasteiger partial charge in [0.25, 0.3) is 0 Å². The number of aryl methyl sites for hydroxylation is 1. The standard InChI is InChI=1S/C15H25N5OS/c1-11-6-9-22-10-8-19(11)15(21)16-12(2)14-18-17-13-5-3-4-7-20(13)14/h11-12H,3-10H2,1-2H3,(H,16,21). The molecule has 2 aliphatic rings. The van der Waals surface area contributed by atoms with E-state index in [4.69, 9.17) is 0 Å². The molecule has 2 atom stereocenters. The lowest BCUT2D eigenvalue weighted by Crippen LogP contribution is -2.46. The van der Waals surface area contributed by atoms with E-state index in [2.05, 4.69) is 27.0 Å². The number of nitrogens with one attached hydrogen (secondary N) is 1. The van der Waals surface area contributed by atoms with E-state index in [0.29, 0.717) is 6.04 Å². The van der Waals surface area contributed by atoms with Crippen LogP contribution in [0, 0.1) is 0 Å². The molecule has 122 valence electrons. The van der Waals surface area contributed by atoms with Crippen LogP contribution in [0.4, 0.5) is 4.79 Å². The van der Waals surface area contributed by atoms with Crippen molar-refractivity contribution in [3.05, 3.63) is 11.6 Å². The van der Waals surface area contributed by atoms with Gasteiger partial charge in [-0.1, -0.05) is 0 Å². The first kappa shape index (κ1) is 15.6. The van der Waals surface area contributed by atoms with Crippen molar-refractivity contribution in [3.8, 4) is 0 Å². The Hall–Kier alpha value is -1.24. The number of nitrogens with zero attached hydrogens (tertiary/aromatic N) is 4. The van der Waals surface area contributed by atoms with Crippen molar-refractivity contribution >= 4 is 17.8 Å². The smallest absolute Gasteiger partial charge is 0.318 e. The molecule has 1 N–H and O–H groups in total. The molecule has 1 aromatic heterocycles. The van der Waals surface area contributed by atoms with Gasteiger partial charge in [-0.25, -0.2) is 4.79 Å². The summed E-state index contributed by atoms with van der Waals surface area (Å²) in [6, 6.07) is 0.222. The Labute approximate surface area is 136 Å². The zero-order valence-corrected chi connectivity index (χ0v) is 14.2. The molecule has 2 amide bonds. The summed E-state index contributed by atoms with van der Waals surface area (Å²) < 4.78 is 2.18. The molecule has 3 rings (SSSR count). The Kier molecular flexibility index (Phi) is 4.90. The summed E-state index contributed by atoms with van der Waals surface area (Å²) in [5.41, 5.74) is 0. The van der Waals surface area contributed by atoms with E-state index in [1.54, 1.807) is 0 Å². The molecule has 0 aromatic carbocycles. The minimum atomic E-state index is -0.102. The number of hydrogen-bond donors (Lipinski definition) is 1. The molecule has 3 heterocycles. The van der Waals surface area contributed by atoms with Gasteiger partial charge >= 0.3 is 6.03 Å². The summed E-state index contributed by atoms with van der Waals surface area (Å²) in [6.07, 6.45) is 4.40. The highest BCUT2D eigenvalue weighted by Gasteiger charge is 2.26. The summed E-state index contributed by atoms with van der Waals surface area (Å²) in [6.45, 7) is 5.92. The number of fused-ring (bicyclic) bond motifs is 1. The number of thioether (sulfide) groups is 1. The molecule has 0 radical (unpaired) electrons. The minimum absolute atomic E-state index is 0.0238. The molecule has 22 heavy (non-hydrogen) atoms. The van der Waals surface area contributed by atoms with Gasteiger partial charge in [-0.15, -0.1) is 10.2 Å². The van der Waals surface area contributed by atoms with E-state index in [1.807, 2.05) is 23.6 Å². The maximum absolute atomic E-state index is 12.6. The van der Waals surface area contributed by atoms with Gasteiger partial charge in [0.15, 0.2) is 5.82 Å². The second kappa shape index (κ2) is 6.89. The average molecular weight is 323 g/mol. The Bertz CT molecular complexity index is 532. The van der Waals surface area contributed by atoms with Crippen molar-refractivity contribution in [3.63, 3.8) is 0 Å². The SMILES string of the molecule is CC(NC(=O)N1CCSCCC1C)c1nnc2n1CCCC2.